The average molecular weight is 548 g/mol. The Morgan fingerprint density at radius 3 is 1.90 bits per heavy atom. The lowest BCUT2D eigenvalue weighted by Gasteiger charge is -2.31. The number of carbonyl (C=O) groups excluding carboxylic acids is 2. The minimum Gasteiger partial charge on any atom is -0.491 e. The molecular weight excluding hydrogens is 506 g/mol. The van der Waals surface area contributed by atoms with E-state index in [2.05, 4.69) is 0 Å². The third-order valence-corrected chi connectivity index (χ3v) is 5.82. The summed E-state index contributed by atoms with van der Waals surface area (Å²) in [5, 5.41) is 0. The topological polar surface area (TPSA) is 74.3 Å². The van der Waals surface area contributed by atoms with E-state index in [-0.39, 0.29) is 37.9 Å². The summed E-state index contributed by atoms with van der Waals surface area (Å²) >= 11 is 0. The monoisotopic (exact) mass is 547 g/mol. The van der Waals surface area contributed by atoms with E-state index < -0.39 is 18.1 Å². The number of hydrogen-bond donors (Lipinski definition) is 0. The van der Waals surface area contributed by atoms with Crippen molar-refractivity contribution >= 4 is 12.1 Å². The van der Waals surface area contributed by atoms with Crippen molar-refractivity contribution < 1.29 is 28.5 Å². The van der Waals surface area contributed by atoms with Gasteiger partial charge in [-0.1, -0.05) is 66.7 Å². The van der Waals surface area contributed by atoms with Gasteiger partial charge in [0.1, 0.15) is 24.1 Å². The minimum absolute atomic E-state index is 0.00716. The maximum atomic E-state index is 13.6. The Labute approximate surface area is 238 Å². The Morgan fingerprint density at radius 2 is 1.32 bits per heavy atom. The van der Waals surface area contributed by atoms with Gasteiger partial charge in [0.15, 0.2) is 0 Å². The van der Waals surface area contributed by atoms with Crippen LogP contribution in [0.2, 0.25) is 0 Å². The molecule has 0 saturated carbocycles. The van der Waals surface area contributed by atoms with Crippen molar-refractivity contribution in [1.82, 2.24) is 4.90 Å². The zero-order valence-electron chi connectivity index (χ0n) is 24.3. The second-order valence-electron chi connectivity index (χ2n) is 10.5. The van der Waals surface area contributed by atoms with Crippen molar-refractivity contribution in [3.8, 4) is 11.5 Å². The molecule has 214 valence electrons. The number of carbonyl (C=O) groups is 2. The maximum Gasteiger partial charge on any atom is 0.411 e. The fourth-order valence-corrected chi connectivity index (χ4v) is 4.14. The summed E-state index contributed by atoms with van der Waals surface area (Å²) in [6.45, 7) is 11.6. The first kappa shape index (κ1) is 30.5. The third kappa shape index (κ3) is 9.63. The van der Waals surface area contributed by atoms with Crippen LogP contribution in [0.25, 0.3) is 0 Å². The highest BCUT2D eigenvalue weighted by molar-refractivity contribution is 5.82. The predicted molar refractivity (Wildman–Crippen MR) is 155 cm³/mol. The first-order chi connectivity index (χ1) is 19.1. The molecule has 40 heavy (non-hydrogen) atoms. The van der Waals surface area contributed by atoms with Crippen molar-refractivity contribution in [2.24, 2.45) is 0 Å². The molecule has 0 aliphatic rings. The molecule has 0 N–H and O–H groups in total. The van der Waals surface area contributed by atoms with Gasteiger partial charge in [-0.25, -0.2) is 9.59 Å². The number of esters is 1. The van der Waals surface area contributed by atoms with Gasteiger partial charge in [-0.15, -0.1) is 0 Å². The van der Waals surface area contributed by atoms with E-state index in [1.165, 1.54) is 4.90 Å². The highest BCUT2D eigenvalue weighted by Gasteiger charge is 2.34. The van der Waals surface area contributed by atoms with Crippen molar-refractivity contribution in [3.63, 3.8) is 0 Å². The van der Waals surface area contributed by atoms with Crippen molar-refractivity contribution in [1.29, 1.82) is 0 Å². The summed E-state index contributed by atoms with van der Waals surface area (Å²) in [4.78, 5) is 28.6. The molecule has 7 heteroatoms. The molecule has 0 saturated heterocycles. The summed E-state index contributed by atoms with van der Waals surface area (Å²) in [5.74, 6) is 0.743. The summed E-state index contributed by atoms with van der Waals surface area (Å²) in [6, 6.07) is 23.6. The van der Waals surface area contributed by atoms with E-state index in [1.54, 1.807) is 13.8 Å². The zero-order chi connectivity index (χ0) is 29.1. The van der Waals surface area contributed by atoms with E-state index in [0.29, 0.717) is 11.5 Å². The lowest BCUT2D eigenvalue weighted by atomic mass is 10.0. The van der Waals surface area contributed by atoms with Crippen LogP contribution in [-0.4, -0.2) is 41.3 Å². The van der Waals surface area contributed by atoms with E-state index in [0.717, 1.165) is 16.7 Å². The van der Waals surface area contributed by atoms with Gasteiger partial charge in [-0.2, -0.15) is 0 Å². The number of benzene rings is 3. The van der Waals surface area contributed by atoms with Gasteiger partial charge in [0.25, 0.3) is 0 Å². The fourth-order valence-electron chi connectivity index (χ4n) is 4.14. The average Bonchev–Trinajstić information content (AvgIpc) is 2.90. The van der Waals surface area contributed by atoms with Crippen LogP contribution < -0.4 is 9.47 Å². The highest BCUT2D eigenvalue weighted by atomic mass is 16.6. The van der Waals surface area contributed by atoms with Crippen molar-refractivity contribution in [2.45, 2.75) is 85.5 Å². The lowest BCUT2D eigenvalue weighted by molar-refractivity contribution is -0.153. The molecule has 1 atom stereocenters. The maximum absolute atomic E-state index is 13.6. The van der Waals surface area contributed by atoms with Gasteiger partial charge in [0.05, 0.1) is 18.3 Å². The highest BCUT2D eigenvalue weighted by Crippen LogP contribution is 2.29. The van der Waals surface area contributed by atoms with Crippen LogP contribution >= 0.6 is 0 Å². The first-order valence-electron chi connectivity index (χ1n) is 13.8. The molecule has 7 nitrogen and oxygen atoms in total. The smallest absolute Gasteiger partial charge is 0.411 e. The molecule has 3 aromatic rings. The van der Waals surface area contributed by atoms with Crippen molar-refractivity contribution in [3.05, 3.63) is 95.6 Å². The molecule has 0 heterocycles. The molecule has 3 aromatic carbocycles. The molecule has 0 radical (unpaired) electrons. The summed E-state index contributed by atoms with van der Waals surface area (Å²) in [6.07, 6.45) is -0.910. The lowest BCUT2D eigenvalue weighted by Crippen LogP contribution is -2.47. The van der Waals surface area contributed by atoms with Crippen LogP contribution in [0.5, 0.6) is 11.5 Å². The summed E-state index contributed by atoms with van der Waals surface area (Å²) < 4.78 is 23.4. The Morgan fingerprint density at radius 1 is 0.725 bits per heavy atom. The van der Waals surface area contributed by atoms with Gasteiger partial charge in [0.2, 0.25) is 0 Å². The van der Waals surface area contributed by atoms with E-state index in [9.17, 15) is 9.59 Å². The second kappa shape index (κ2) is 15.0. The largest absolute Gasteiger partial charge is 0.491 e. The Bertz CT molecular complexity index is 1210. The molecule has 0 bridgehead atoms. The number of nitrogens with zero attached hydrogens (tertiary/aromatic N) is 1. The molecule has 3 rings (SSSR count). The number of amides is 1. The molecule has 1 amide bonds. The number of hydrogen-bond acceptors (Lipinski definition) is 6. The van der Waals surface area contributed by atoms with Crippen LogP contribution in [0.3, 0.4) is 0 Å². The van der Waals surface area contributed by atoms with Crippen LogP contribution in [0.1, 0.15) is 58.2 Å². The number of ether oxygens (including phenoxy) is 4. The molecule has 0 fully saturated rings. The Hall–Kier alpha value is -4.00. The van der Waals surface area contributed by atoms with Gasteiger partial charge >= 0.3 is 12.1 Å². The van der Waals surface area contributed by atoms with Crippen LogP contribution in [0, 0.1) is 0 Å². The van der Waals surface area contributed by atoms with Crippen LogP contribution in [-0.2, 0) is 33.8 Å². The molecule has 0 aromatic heterocycles. The first-order valence-corrected chi connectivity index (χ1v) is 13.8. The predicted octanol–water partition coefficient (Wildman–Crippen LogP) is 6.96. The summed E-state index contributed by atoms with van der Waals surface area (Å²) in [7, 11) is 0. The quantitative estimate of drug-likeness (QED) is 0.215. The van der Waals surface area contributed by atoms with E-state index in [1.807, 2.05) is 107 Å². The zero-order valence-corrected chi connectivity index (χ0v) is 24.3. The Kier molecular flexibility index (Phi) is 11.4. The van der Waals surface area contributed by atoms with Gasteiger partial charge < -0.3 is 18.9 Å². The van der Waals surface area contributed by atoms with Crippen LogP contribution in [0.15, 0.2) is 78.9 Å². The van der Waals surface area contributed by atoms with Gasteiger partial charge in [-0.05, 0) is 64.3 Å². The molecule has 0 aliphatic carbocycles. The minimum atomic E-state index is -0.961. The normalized spacial score (nSPS) is 11.8. The molecule has 0 spiro atoms. The molecule has 0 aliphatic heterocycles. The Balaban J connectivity index is 1.99. The van der Waals surface area contributed by atoms with Gasteiger partial charge in [0, 0.05) is 19.0 Å². The molecular formula is C33H41NO6. The van der Waals surface area contributed by atoms with Gasteiger partial charge in [-0.3, -0.25) is 4.90 Å². The fraction of sp³-hybridized carbons (Fsp3) is 0.394. The number of rotatable bonds is 13. The van der Waals surface area contributed by atoms with E-state index in [4.69, 9.17) is 18.9 Å². The standard InChI is InChI=1S/C33H41NO6/c1-23(2)38-29-18-17-28(31(20-29)39-24(3)4)19-30(32(35)40-25(5)6)34(21-26-13-9-7-10-14-26)33(36)37-22-27-15-11-8-12-16-27/h7-18,20,23-25,30H,19,21-22H2,1-6H3/t30-/m0/s1. The second-order valence-corrected chi connectivity index (χ2v) is 10.5. The third-order valence-electron chi connectivity index (χ3n) is 5.82. The van der Waals surface area contributed by atoms with Crippen molar-refractivity contribution in [2.75, 3.05) is 0 Å². The van der Waals surface area contributed by atoms with Crippen LogP contribution in [0.4, 0.5) is 4.79 Å². The van der Waals surface area contributed by atoms with E-state index >= 15 is 0 Å². The SMILES string of the molecule is CC(C)OC(=O)[C@H](Cc1ccc(OC(C)C)cc1OC(C)C)N(Cc1ccccc1)C(=O)OCc1ccccc1. The summed E-state index contributed by atoms with van der Waals surface area (Å²) in [5.41, 5.74) is 2.47. The molecule has 0 unspecified atom stereocenters.